The number of para-hydroxylation sites is 1. The molecular formula is C17H20N2O7. The summed E-state index contributed by atoms with van der Waals surface area (Å²) < 4.78 is 9.66. The number of hydrogen-bond acceptors (Lipinski definition) is 7. The number of carbonyl (C=O) groups is 2. The number of carbonyl (C=O) groups excluding carboxylic acids is 2. The number of nitro groups is 1. The highest BCUT2D eigenvalue weighted by Crippen LogP contribution is 2.42. The van der Waals surface area contributed by atoms with Crippen molar-refractivity contribution in [2.75, 3.05) is 14.2 Å². The second-order valence-electron chi connectivity index (χ2n) is 5.43. The number of rotatable bonds is 4. The highest BCUT2D eigenvalue weighted by Gasteiger charge is 2.40. The van der Waals surface area contributed by atoms with Crippen molar-refractivity contribution in [3.05, 3.63) is 62.5 Å². The fraction of sp³-hybridized carbons (Fsp3) is 0.294. The van der Waals surface area contributed by atoms with E-state index in [4.69, 9.17) is 9.47 Å². The highest BCUT2D eigenvalue weighted by atomic mass is 16.6. The molecule has 1 aromatic carbocycles. The average Bonchev–Trinajstić information content (AvgIpc) is 2.59. The van der Waals surface area contributed by atoms with Crippen LogP contribution in [0, 0.1) is 10.1 Å². The van der Waals surface area contributed by atoms with Gasteiger partial charge in [0.15, 0.2) is 0 Å². The lowest BCUT2D eigenvalue weighted by Crippen LogP contribution is -2.32. The Kier molecular flexibility index (Phi) is 6.62. The van der Waals surface area contributed by atoms with Crippen LogP contribution >= 0.6 is 0 Å². The van der Waals surface area contributed by atoms with Gasteiger partial charge < -0.3 is 20.3 Å². The van der Waals surface area contributed by atoms with E-state index in [0.717, 1.165) is 0 Å². The molecule has 0 bridgehead atoms. The first-order valence-electron chi connectivity index (χ1n) is 7.42. The average molecular weight is 364 g/mol. The van der Waals surface area contributed by atoms with Gasteiger partial charge in [0.1, 0.15) is 0 Å². The molecule has 0 fully saturated rings. The third kappa shape index (κ3) is 3.57. The third-order valence-corrected chi connectivity index (χ3v) is 4.02. The lowest BCUT2D eigenvalue weighted by molar-refractivity contribution is -0.385. The van der Waals surface area contributed by atoms with Crippen molar-refractivity contribution in [2.24, 2.45) is 0 Å². The van der Waals surface area contributed by atoms with Crippen LogP contribution in [-0.4, -0.2) is 36.6 Å². The van der Waals surface area contributed by atoms with E-state index in [1.807, 2.05) is 0 Å². The van der Waals surface area contributed by atoms with Crippen molar-refractivity contribution >= 4 is 17.6 Å². The van der Waals surface area contributed by atoms with Crippen LogP contribution in [0.25, 0.3) is 0 Å². The zero-order valence-electron chi connectivity index (χ0n) is 14.8. The number of nitrogens with zero attached hydrogens (tertiary/aromatic N) is 1. The Morgan fingerprint density at radius 3 is 1.92 bits per heavy atom. The zero-order valence-corrected chi connectivity index (χ0v) is 14.8. The monoisotopic (exact) mass is 364 g/mol. The third-order valence-electron chi connectivity index (χ3n) is 4.02. The van der Waals surface area contributed by atoms with Gasteiger partial charge in [0.05, 0.1) is 36.2 Å². The number of nitro benzene ring substituents is 1. The molecule has 3 N–H and O–H groups in total. The van der Waals surface area contributed by atoms with Crippen LogP contribution in [0.5, 0.6) is 0 Å². The van der Waals surface area contributed by atoms with Crippen molar-refractivity contribution in [2.45, 2.75) is 19.8 Å². The summed E-state index contributed by atoms with van der Waals surface area (Å²) in [7, 11) is 2.42. The SMILES string of the molecule is COC(=O)C1=C(C)NC(C)=C(C(=O)OC)C1c1ccccc1[N+](=O)[O-].O. The van der Waals surface area contributed by atoms with E-state index in [1.165, 1.54) is 32.4 Å². The lowest BCUT2D eigenvalue weighted by Gasteiger charge is -2.29. The molecule has 0 spiro atoms. The minimum atomic E-state index is -0.970. The van der Waals surface area contributed by atoms with Gasteiger partial charge in [-0.25, -0.2) is 9.59 Å². The van der Waals surface area contributed by atoms with Gasteiger partial charge in [0, 0.05) is 23.0 Å². The molecule has 0 saturated heterocycles. The summed E-state index contributed by atoms with van der Waals surface area (Å²) in [4.78, 5) is 35.6. The molecule has 1 aliphatic heterocycles. The Morgan fingerprint density at radius 2 is 1.50 bits per heavy atom. The molecule has 0 radical (unpaired) electrons. The Bertz CT molecular complexity index is 773. The number of methoxy groups -OCH3 is 2. The van der Waals surface area contributed by atoms with Crippen molar-refractivity contribution in [1.82, 2.24) is 5.32 Å². The van der Waals surface area contributed by atoms with Crippen LogP contribution < -0.4 is 5.32 Å². The smallest absolute Gasteiger partial charge is 0.336 e. The summed E-state index contributed by atoms with van der Waals surface area (Å²) in [5.74, 6) is -2.33. The first-order valence-corrected chi connectivity index (χ1v) is 7.42. The summed E-state index contributed by atoms with van der Waals surface area (Å²) in [5, 5.41) is 14.4. The molecule has 0 atom stereocenters. The van der Waals surface area contributed by atoms with Crippen molar-refractivity contribution in [3.8, 4) is 0 Å². The molecule has 0 saturated carbocycles. The van der Waals surface area contributed by atoms with Crippen molar-refractivity contribution < 1.29 is 29.5 Å². The number of hydrogen-bond donors (Lipinski definition) is 1. The fourth-order valence-corrected chi connectivity index (χ4v) is 2.96. The Morgan fingerprint density at radius 1 is 1.04 bits per heavy atom. The summed E-state index contributed by atoms with van der Waals surface area (Å²) in [5.41, 5.74) is 1.19. The Labute approximate surface area is 149 Å². The maximum absolute atomic E-state index is 12.3. The fourth-order valence-electron chi connectivity index (χ4n) is 2.96. The predicted molar refractivity (Wildman–Crippen MR) is 92.0 cm³/mol. The van der Waals surface area contributed by atoms with E-state index in [2.05, 4.69) is 5.32 Å². The van der Waals surface area contributed by atoms with Gasteiger partial charge in [0.2, 0.25) is 0 Å². The molecule has 2 rings (SSSR count). The molecule has 0 aliphatic carbocycles. The minimum Gasteiger partial charge on any atom is -0.466 e. The zero-order chi connectivity index (χ0) is 18.7. The minimum absolute atomic E-state index is 0. The van der Waals surface area contributed by atoms with Gasteiger partial charge in [-0.3, -0.25) is 10.1 Å². The maximum Gasteiger partial charge on any atom is 0.336 e. The van der Waals surface area contributed by atoms with Crippen molar-refractivity contribution in [3.63, 3.8) is 0 Å². The van der Waals surface area contributed by atoms with Gasteiger partial charge in [-0.05, 0) is 13.8 Å². The topological polar surface area (TPSA) is 139 Å². The van der Waals surface area contributed by atoms with Gasteiger partial charge >= 0.3 is 11.9 Å². The Balaban J connectivity index is 0.00000338. The summed E-state index contributed by atoms with van der Waals surface area (Å²) in [6, 6.07) is 5.97. The normalized spacial score (nSPS) is 14.3. The number of ether oxygens (including phenoxy) is 2. The highest BCUT2D eigenvalue weighted by molar-refractivity contribution is 6.00. The van der Waals surface area contributed by atoms with Crippen molar-refractivity contribution in [1.29, 1.82) is 0 Å². The largest absolute Gasteiger partial charge is 0.466 e. The predicted octanol–water partition coefficient (Wildman–Crippen LogP) is 1.35. The van der Waals surface area contributed by atoms with Crippen LogP contribution in [-0.2, 0) is 19.1 Å². The second-order valence-corrected chi connectivity index (χ2v) is 5.43. The first-order chi connectivity index (χ1) is 11.8. The summed E-state index contributed by atoms with van der Waals surface area (Å²) in [6.07, 6.45) is 0. The first kappa shape index (κ1) is 20.8. The summed E-state index contributed by atoms with van der Waals surface area (Å²) in [6.45, 7) is 3.29. The molecule has 9 heteroatoms. The van der Waals surface area contributed by atoms with Gasteiger partial charge in [0.25, 0.3) is 5.69 Å². The van der Waals surface area contributed by atoms with Crippen LogP contribution in [0.3, 0.4) is 0 Å². The number of benzene rings is 1. The molecule has 9 nitrogen and oxygen atoms in total. The van der Waals surface area contributed by atoms with Gasteiger partial charge in [-0.2, -0.15) is 0 Å². The molecule has 26 heavy (non-hydrogen) atoms. The number of allylic oxidation sites excluding steroid dienone is 2. The van der Waals surface area contributed by atoms with E-state index >= 15 is 0 Å². The lowest BCUT2D eigenvalue weighted by atomic mass is 9.79. The molecule has 140 valence electrons. The quantitative estimate of drug-likeness (QED) is 0.483. The molecule has 1 aromatic rings. The molecule has 1 heterocycles. The Hall–Kier alpha value is -3.20. The molecule has 0 amide bonds. The molecule has 1 aliphatic rings. The van der Waals surface area contributed by atoms with E-state index in [1.54, 1.807) is 19.9 Å². The van der Waals surface area contributed by atoms with E-state index in [9.17, 15) is 19.7 Å². The van der Waals surface area contributed by atoms with E-state index in [0.29, 0.717) is 11.4 Å². The van der Waals surface area contributed by atoms with Gasteiger partial charge in [-0.1, -0.05) is 18.2 Å². The second kappa shape index (κ2) is 8.26. The van der Waals surface area contributed by atoms with Crippen LogP contribution in [0.2, 0.25) is 0 Å². The standard InChI is InChI=1S/C17H18N2O6.H2O/c1-9-13(16(20)24-3)15(14(10(2)18-9)17(21)25-4)11-7-5-6-8-12(11)19(22)23;/h5-8,15,18H,1-4H3;1H2. The van der Waals surface area contributed by atoms with E-state index < -0.39 is 22.8 Å². The van der Waals surface area contributed by atoms with Crippen LogP contribution in [0.4, 0.5) is 5.69 Å². The number of esters is 2. The summed E-state index contributed by atoms with van der Waals surface area (Å²) >= 11 is 0. The van der Waals surface area contributed by atoms with E-state index in [-0.39, 0.29) is 27.9 Å². The van der Waals surface area contributed by atoms with Crippen LogP contribution in [0.1, 0.15) is 25.3 Å². The van der Waals surface area contributed by atoms with Gasteiger partial charge in [-0.15, -0.1) is 0 Å². The maximum atomic E-state index is 12.3. The van der Waals surface area contributed by atoms with Crippen LogP contribution in [0.15, 0.2) is 46.8 Å². The molecule has 0 unspecified atom stereocenters. The molecular weight excluding hydrogens is 344 g/mol. The number of nitrogens with one attached hydrogen (secondary N) is 1. The number of dihydropyridines is 1. The molecule has 0 aromatic heterocycles.